The summed E-state index contributed by atoms with van der Waals surface area (Å²) in [6, 6.07) is 0. The predicted molar refractivity (Wildman–Crippen MR) is 67.7 cm³/mol. The predicted octanol–water partition coefficient (Wildman–Crippen LogP) is 0.986. The third-order valence-electron chi connectivity index (χ3n) is 2.98. The molecule has 0 spiro atoms. The van der Waals surface area contributed by atoms with E-state index in [0.29, 0.717) is 39.6 Å². The summed E-state index contributed by atoms with van der Waals surface area (Å²) in [7, 11) is 1.65. The topological polar surface area (TPSA) is 57.2 Å². The summed E-state index contributed by atoms with van der Waals surface area (Å²) in [4.78, 5) is 0. The van der Waals surface area contributed by atoms with E-state index in [1.807, 2.05) is 0 Å². The molecular formula is C13H26O5. The van der Waals surface area contributed by atoms with E-state index in [4.69, 9.17) is 18.9 Å². The van der Waals surface area contributed by atoms with E-state index in [1.165, 1.54) is 0 Å². The Hall–Kier alpha value is -0.200. The van der Waals surface area contributed by atoms with Crippen LogP contribution >= 0.6 is 0 Å². The van der Waals surface area contributed by atoms with Gasteiger partial charge in [-0.2, -0.15) is 0 Å². The highest BCUT2D eigenvalue weighted by Crippen LogP contribution is 2.20. The van der Waals surface area contributed by atoms with E-state index in [9.17, 15) is 5.11 Å². The van der Waals surface area contributed by atoms with E-state index < -0.39 is 0 Å². The molecule has 1 aliphatic carbocycles. The lowest BCUT2D eigenvalue weighted by molar-refractivity contribution is -0.0442. The molecule has 5 heteroatoms. The van der Waals surface area contributed by atoms with Crippen LogP contribution < -0.4 is 0 Å². The molecule has 18 heavy (non-hydrogen) atoms. The van der Waals surface area contributed by atoms with E-state index in [0.717, 1.165) is 25.7 Å². The molecule has 2 unspecified atom stereocenters. The molecule has 2 atom stereocenters. The normalized spacial score (nSPS) is 24.3. The SMILES string of the molecule is COCCOCCOCCOC1CCCC(O)C1. The second-order valence-electron chi connectivity index (χ2n) is 4.53. The first-order valence-electron chi connectivity index (χ1n) is 6.77. The molecule has 1 saturated carbocycles. The Morgan fingerprint density at radius 1 is 0.944 bits per heavy atom. The number of rotatable bonds is 10. The maximum absolute atomic E-state index is 9.49. The van der Waals surface area contributed by atoms with Crippen molar-refractivity contribution in [3.8, 4) is 0 Å². The zero-order chi connectivity index (χ0) is 13.1. The molecular weight excluding hydrogens is 236 g/mol. The summed E-state index contributed by atoms with van der Waals surface area (Å²) < 4.78 is 21.1. The maximum atomic E-state index is 9.49. The fourth-order valence-electron chi connectivity index (χ4n) is 2.01. The molecule has 0 aromatic heterocycles. The van der Waals surface area contributed by atoms with E-state index >= 15 is 0 Å². The van der Waals surface area contributed by atoms with Gasteiger partial charge in [0.15, 0.2) is 0 Å². The molecule has 0 saturated heterocycles. The average molecular weight is 262 g/mol. The first-order valence-corrected chi connectivity index (χ1v) is 6.77. The van der Waals surface area contributed by atoms with Crippen molar-refractivity contribution in [1.29, 1.82) is 0 Å². The monoisotopic (exact) mass is 262 g/mol. The van der Waals surface area contributed by atoms with Crippen LogP contribution in [0.3, 0.4) is 0 Å². The Kier molecular flexibility index (Phi) is 9.42. The van der Waals surface area contributed by atoms with Gasteiger partial charge >= 0.3 is 0 Å². The molecule has 0 aromatic rings. The van der Waals surface area contributed by atoms with Gasteiger partial charge < -0.3 is 24.1 Å². The summed E-state index contributed by atoms with van der Waals surface area (Å²) in [6.07, 6.45) is 3.81. The zero-order valence-corrected chi connectivity index (χ0v) is 11.3. The van der Waals surface area contributed by atoms with Crippen molar-refractivity contribution in [1.82, 2.24) is 0 Å². The van der Waals surface area contributed by atoms with Gasteiger partial charge in [0.2, 0.25) is 0 Å². The van der Waals surface area contributed by atoms with Crippen molar-refractivity contribution >= 4 is 0 Å². The van der Waals surface area contributed by atoms with Gasteiger partial charge in [-0.15, -0.1) is 0 Å². The van der Waals surface area contributed by atoms with Gasteiger partial charge in [0.25, 0.3) is 0 Å². The number of ether oxygens (including phenoxy) is 4. The van der Waals surface area contributed by atoms with Crippen LogP contribution in [0.15, 0.2) is 0 Å². The van der Waals surface area contributed by atoms with Crippen molar-refractivity contribution < 1.29 is 24.1 Å². The van der Waals surface area contributed by atoms with Crippen LogP contribution in [-0.4, -0.2) is 64.1 Å². The van der Waals surface area contributed by atoms with Crippen molar-refractivity contribution in [2.75, 3.05) is 46.8 Å². The summed E-state index contributed by atoms with van der Waals surface area (Å²) in [5.41, 5.74) is 0. The largest absolute Gasteiger partial charge is 0.393 e. The van der Waals surface area contributed by atoms with Crippen molar-refractivity contribution in [3.63, 3.8) is 0 Å². The molecule has 1 rings (SSSR count). The number of hydrogen-bond acceptors (Lipinski definition) is 5. The van der Waals surface area contributed by atoms with Crippen LogP contribution in [0.5, 0.6) is 0 Å². The van der Waals surface area contributed by atoms with Gasteiger partial charge in [-0.3, -0.25) is 0 Å². The molecule has 1 fully saturated rings. The molecule has 0 heterocycles. The smallest absolute Gasteiger partial charge is 0.0704 e. The molecule has 0 radical (unpaired) electrons. The molecule has 108 valence electrons. The average Bonchev–Trinajstić information content (AvgIpc) is 2.37. The molecule has 0 amide bonds. The second-order valence-corrected chi connectivity index (χ2v) is 4.53. The minimum Gasteiger partial charge on any atom is -0.393 e. The highest BCUT2D eigenvalue weighted by molar-refractivity contribution is 4.72. The highest BCUT2D eigenvalue weighted by Gasteiger charge is 2.20. The van der Waals surface area contributed by atoms with Crippen LogP contribution in [0.25, 0.3) is 0 Å². The number of aliphatic hydroxyl groups excluding tert-OH is 1. The van der Waals surface area contributed by atoms with Gasteiger partial charge in [0.05, 0.1) is 51.8 Å². The van der Waals surface area contributed by atoms with Crippen LogP contribution in [-0.2, 0) is 18.9 Å². The van der Waals surface area contributed by atoms with Crippen molar-refractivity contribution in [2.45, 2.75) is 37.9 Å². The number of methoxy groups -OCH3 is 1. The molecule has 0 bridgehead atoms. The van der Waals surface area contributed by atoms with Crippen LogP contribution in [0.4, 0.5) is 0 Å². The third-order valence-corrected chi connectivity index (χ3v) is 2.98. The van der Waals surface area contributed by atoms with Gasteiger partial charge in [0, 0.05) is 7.11 Å². The molecule has 0 aliphatic heterocycles. The molecule has 1 aliphatic rings. The summed E-state index contributed by atoms with van der Waals surface area (Å²) >= 11 is 0. The standard InChI is InChI=1S/C13H26O5/c1-15-5-6-16-7-8-17-9-10-18-13-4-2-3-12(14)11-13/h12-14H,2-11H2,1H3. The molecule has 1 N–H and O–H groups in total. The lowest BCUT2D eigenvalue weighted by Crippen LogP contribution is -2.27. The Balaban J connectivity index is 1.80. The fraction of sp³-hybridized carbons (Fsp3) is 1.00. The number of aliphatic hydroxyl groups is 1. The van der Waals surface area contributed by atoms with Crippen LogP contribution in [0.2, 0.25) is 0 Å². The minimum absolute atomic E-state index is 0.182. The minimum atomic E-state index is -0.182. The fourth-order valence-corrected chi connectivity index (χ4v) is 2.01. The summed E-state index contributed by atoms with van der Waals surface area (Å²) in [6.45, 7) is 3.57. The first kappa shape index (κ1) is 15.9. The number of hydrogen-bond donors (Lipinski definition) is 1. The second kappa shape index (κ2) is 10.7. The van der Waals surface area contributed by atoms with E-state index in [1.54, 1.807) is 7.11 Å². The van der Waals surface area contributed by atoms with Crippen molar-refractivity contribution in [3.05, 3.63) is 0 Å². The quantitative estimate of drug-likeness (QED) is 0.595. The summed E-state index contributed by atoms with van der Waals surface area (Å²) in [5, 5.41) is 9.49. The molecule has 5 nitrogen and oxygen atoms in total. The lowest BCUT2D eigenvalue weighted by Gasteiger charge is -2.25. The molecule has 0 aromatic carbocycles. The van der Waals surface area contributed by atoms with Crippen LogP contribution in [0.1, 0.15) is 25.7 Å². The summed E-state index contributed by atoms with van der Waals surface area (Å²) in [5.74, 6) is 0. The maximum Gasteiger partial charge on any atom is 0.0704 e. The highest BCUT2D eigenvalue weighted by atomic mass is 16.6. The van der Waals surface area contributed by atoms with E-state index in [-0.39, 0.29) is 12.2 Å². The van der Waals surface area contributed by atoms with E-state index in [2.05, 4.69) is 0 Å². The Labute approximate surface area is 109 Å². The third kappa shape index (κ3) is 8.00. The Morgan fingerprint density at radius 2 is 1.61 bits per heavy atom. The van der Waals surface area contributed by atoms with Gasteiger partial charge in [-0.05, 0) is 25.7 Å². The van der Waals surface area contributed by atoms with Gasteiger partial charge in [-0.25, -0.2) is 0 Å². The van der Waals surface area contributed by atoms with Crippen LogP contribution in [0, 0.1) is 0 Å². The first-order chi connectivity index (χ1) is 8.83. The zero-order valence-electron chi connectivity index (χ0n) is 11.3. The lowest BCUT2D eigenvalue weighted by atomic mass is 9.95. The van der Waals surface area contributed by atoms with Crippen molar-refractivity contribution in [2.24, 2.45) is 0 Å². The van der Waals surface area contributed by atoms with Gasteiger partial charge in [-0.1, -0.05) is 0 Å². The Bertz CT molecular complexity index is 188. The van der Waals surface area contributed by atoms with Gasteiger partial charge in [0.1, 0.15) is 0 Å². The Morgan fingerprint density at radius 3 is 2.28 bits per heavy atom.